The van der Waals surface area contributed by atoms with Gasteiger partial charge >= 0.3 is 0 Å². The van der Waals surface area contributed by atoms with Gasteiger partial charge in [-0.15, -0.1) is 0 Å². The number of benzene rings is 1. The second-order valence-corrected chi connectivity index (χ2v) is 4.65. The molecule has 1 aromatic carbocycles. The van der Waals surface area contributed by atoms with Gasteiger partial charge in [-0.1, -0.05) is 0 Å². The van der Waals surface area contributed by atoms with Crippen LogP contribution in [-0.4, -0.2) is 38.6 Å². The van der Waals surface area contributed by atoms with Crippen LogP contribution in [0, 0.1) is 0 Å². The quantitative estimate of drug-likeness (QED) is 0.890. The van der Waals surface area contributed by atoms with Gasteiger partial charge in [-0.3, -0.25) is 9.59 Å². The van der Waals surface area contributed by atoms with Crippen LogP contribution in [0.2, 0.25) is 0 Å². The van der Waals surface area contributed by atoms with E-state index in [1.807, 2.05) is 0 Å². The van der Waals surface area contributed by atoms with Crippen molar-refractivity contribution < 1.29 is 19.1 Å². The first-order valence-corrected chi connectivity index (χ1v) is 6.34. The summed E-state index contributed by atoms with van der Waals surface area (Å²) in [5, 5.41) is 2.77. The minimum Gasteiger partial charge on any atom is -0.493 e. The highest BCUT2D eigenvalue weighted by Crippen LogP contribution is 2.33. The Bertz CT molecular complexity index is 530. The fourth-order valence-electron chi connectivity index (χ4n) is 2.33. The summed E-state index contributed by atoms with van der Waals surface area (Å²) in [6, 6.07) is 5.17. The summed E-state index contributed by atoms with van der Waals surface area (Å²) in [7, 11) is 3.11. The summed E-state index contributed by atoms with van der Waals surface area (Å²) < 4.78 is 10.4. The Morgan fingerprint density at radius 1 is 1.30 bits per heavy atom. The first-order chi connectivity index (χ1) is 9.55. The number of rotatable bonds is 4. The highest BCUT2D eigenvalue weighted by atomic mass is 16.5. The van der Waals surface area contributed by atoms with Gasteiger partial charge in [0.1, 0.15) is 0 Å². The average molecular weight is 278 g/mol. The third-order valence-electron chi connectivity index (χ3n) is 3.21. The molecule has 1 aliphatic rings. The summed E-state index contributed by atoms with van der Waals surface area (Å²) in [5.41, 5.74) is 0.737. The Balaban J connectivity index is 2.19. The van der Waals surface area contributed by atoms with E-state index in [0.717, 1.165) is 5.69 Å². The van der Waals surface area contributed by atoms with Crippen molar-refractivity contribution in [3.8, 4) is 11.5 Å². The lowest BCUT2D eigenvalue weighted by atomic mass is 10.2. The minimum absolute atomic E-state index is 0.0176. The Kier molecular flexibility index (Phi) is 4.12. The number of carbonyl (C=O) groups excluding carboxylic acids is 2. The fraction of sp³-hybridized carbons (Fsp3) is 0.429. The lowest BCUT2D eigenvalue weighted by Crippen LogP contribution is -2.35. The van der Waals surface area contributed by atoms with Crippen molar-refractivity contribution in [2.75, 3.05) is 25.7 Å². The van der Waals surface area contributed by atoms with E-state index in [9.17, 15) is 9.59 Å². The number of carbonyl (C=O) groups is 2. The Hall–Kier alpha value is -2.24. The molecule has 1 heterocycles. The highest BCUT2D eigenvalue weighted by molar-refractivity contribution is 5.97. The smallest absolute Gasteiger partial charge is 0.229 e. The molecule has 1 N–H and O–H groups in total. The maximum Gasteiger partial charge on any atom is 0.229 e. The number of nitrogens with zero attached hydrogens (tertiary/aromatic N) is 1. The molecule has 0 saturated carbocycles. The second kappa shape index (κ2) is 5.81. The average Bonchev–Trinajstić information content (AvgIpc) is 2.77. The molecule has 1 aliphatic heterocycles. The van der Waals surface area contributed by atoms with Gasteiger partial charge in [0.2, 0.25) is 11.8 Å². The number of ether oxygens (including phenoxy) is 2. The molecule has 1 unspecified atom stereocenters. The SMILES string of the molecule is COc1ccc(N2CC(NC(C)=O)CC2=O)cc1OC. The third kappa shape index (κ3) is 2.84. The molecule has 1 aromatic rings. The molecule has 20 heavy (non-hydrogen) atoms. The zero-order chi connectivity index (χ0) is 14.7. The Labute approximate surface area is 117 Å². The van der Waals surface area contributed by atoms with E-state index >= 15 is 0 Å². The van der Waals surface area contributed by atoms with Crippen LogP contribution < -0.4 is 19.7 Å². The van der Waals surface area contributed by atoms with Crippen molar-refractivity contribution in [2.24, 2.45) is 0 Å². The molecular formula is C14H18N2O4. The van der Waals surface area contributed by atoms with Crippen LogP contribution in [-0.2, 0) is 9.59 Å². The molecular weight excluding hydrogens is 260 g/mol. The number of amides is 2. The molecule has 0 spiro atoms. The second-order valence-electron chi connectivity index (χ2n) is 4.65. The van der Waals surface area contributed by atoms with E-state index in [0.29, 0.717) is 24.5 Å². The topological polar surface area (TPSA) is 67.9 Å². The van der Waals surface area contributed by atoms with Crippen molar-refractivity contribution in [2.45, 2.75) is 19.4 Å². The molecule has 1 atom stereocenters. The normalized spacial score (nSPS) is 18.1. The zero-order valence-corrected chi connectivity index (χ0v) is 11.8. The van der Waals surface area contributed by atoms with E-state index in [4.69, 9.17) is 9.47 Å². The maximum absolute atomic E-state index is 12.0. The first-order valence-electron chi connectivity index (χ1n) is 6.34. The fourth-order valence-corrected chi connectivity index (χ4v) is 2.33. The van der Waals surface area contributed by atoms with Crippen molar-refractivity contribution in [1.29, 1.82) is 0 Å². The molecule has 2 rings (SSSR count). The lowest BCUT2D eigenvalue weighted by Gasteiger charge is -2.18. The van der Waals surface area contributed by atoms with E-state index in [-0.39, 0.29) is 17.9 Å². The Morgan fingerprint density at radius 2 is 2.00 bits per heavy atom. The van der Waals surface area contributed by atoms with Gasteiger partial charge < -0.3 is 19.7 Å². The number of hydrogen-bond acceptors (Lipinski definition) is 4. The largest absolute Gasteiger partial charge is 0.493 e. The number of methoxy groups -OCH3 is 2. The standard InChI is InChI=1S/C14H18N2O4/c1-9(17)15-10-6-14(18)16(8-10)11-4-5-12(19-2)13(7-11)20-3/h4-5,7,10H,6,8H2,1-3H3,(H,15,17). The van der Waals surface area contributed by atoms with Crippen molar-refractivity contribution >= 4 is 17.5 Å². The molecule has 6 heteroatoms. The summed E-state index contributed by atoms with van der Waals surface area (Å²) in [5.74, 6) is 1.04. The van der Waals surface area contributed by atoms with Gasteiger partial charge in [-0.25, -0.2) is 0 Å². The van der Waals surface area contributed by atoms with E-state index in [1.165, 1.54) is 6.92 Å². The van der Waals surface area contributed by atoms with Crippen LogP contribution in [0.15, 0.2) is 18.2 Å². The summed E-state index contributed by atoms with van der Waals surface area (Å²) in [6.45, 7) is 1.91. The van der Waals surface area contributed by atoms with Gasteiger partial charge in [0.15, 0.2) is 11.5 Å². The monoisotopic (exact) mass is 278 g/mol. The van der Waals surface area contributed by atoms with E-state index < -0.39 is 0 Å². The Morgan fingerprint density at radius 3 is 2.60 bits per heavy atom. The molecule has 2 amide bonds. The van der Waals surface area contributed by atoms with E-state index in [1.54, 1.807) is 37.3 Å². The van der Waals surface area contributed by atoms with Crippen LogP contribution in [0.1, 0.15) is 13.3 Å². The zero-order valence-electron chi connectivity index (χ0n) is 11.8. The predicted octanol–water partition coefficient (Wildman–Crippen LogP) is 0.945. The molecule has 6 nitrogen and oxygen atoms in total. The summed E-state index contributed by atoms with van der Waals surface area (Å²) in [6.07, 6.45) is 0.313. The van der Waals surface area contributed by atoms with Gasteiger partial charge in [-0.2, -0.15) is 0 Å². The maximum atomic E-state index is 12.0. The van der Waals surface area contributed by atoms with Crippen LogP contribution in [0.5, 0.6) is 11.5 Å². The molecule has 0 radical (unpaired) electrons. The minimum atomic E-state index is -0.145. The first kappa shape index (κ1) is 14.2. The van der Waals surface area contributed by atoms with Crippen LogP contribution in [0.4, 0.5) is 5.69 Å². The molecule has 0 bridgehead atoms. The van der Waals surface area contributed by atoms with Gasteiger partial charge in [0.05, 0.1) is 20.3 Å². The predicted molar refractivity (Wildman–Crippen MR) is 74.1 cm³/mol. The van der Waals surface area contributed by atoms with Gasteiger partial charge in [0.25, 0.3) is 0 Å². The van der Waals surface area contributed by atoms with Gasteiger partial charge in [0, 0.05) is 31.6 Å². The number of nitrogens with one attached hydrogen (secondary N) is 1. The van der Waals surface area contributed by atoms with Crippen LogP contribution >= 0.6 is 0 Å². The van der Waals surface area contributed by atoms with Crippen molar-refractivity contribution in [3.63, 3.8) is 0 Å². The molecule has 0 aromatic heterocycles. The van der Waals surface area contributed by atoms with Crippen molar-refractivity contribution in [3.05, 3.63) is 18.2 Å². The van der Waals surface area contributed by atoms with Crippen molar-refractivity contribution in [1.82, 2.24) is 5.32 Å². The molecule has 1 fully saturated rings. The third-order valence-corrected chi connectivity index (χ3v) is 3.21. The summed E-state index contributed by atoms with van der Waals surface area (Å²) >= 11 is 0. The van der Waals surface area contributed by atoms with Gasteiger partial charge in [-0.05, 0) is 12.1 Å². The highest BCUT2D eigenvalue weighted by Gasteiger charge is 2.31. The summed E-state index contributed by atoms with van der Waals surface area (Å²) in [4.78, 5) is 24.7. The molecule has 0 aliphatic carbocycles. The number of hydrogen-bond donors (Lipinski definition) is 1. The number of anilines is 1. The van der Waals surface area contributed by atoms with E-state index in [2.05, 4.69) is 5.32 Å². The molecule has 108 valence electrons. The lowest BCUT2D eigenvalue weighted by molar-refractivity contribution is -0.119. The molecule has 1 saturated heterocycles. The van der Waals surface area contributed by atoms with Crippen LogP contribution in [0.25, 0.3) is 0 Å². The van der Waals surface area contributed by atoms with Crippen LogP contribution in [0.3, 0.4) is 0 Å².